The molecule has 1 aliphatic carbocycles. The van der Waals surface area contributed by atoms with E-state index in [9.17, 15) is 13.2 Å². The van der Waals surface area contributed by atoms with Gasteiger partial charge in [-0.25, -0.2) is 0 Å². The van der Waals surface area contributed by atoms with Crippen LogP contribution in [0.25, 0.3) is 0 Å². The van der Waals surface area contributed by atoms with Gasteiger partial charge < -0.3 is 0 Å². The van der Waals surface area contributed by atoms with Crippen molar-refractivity contribution < 1.29 is 13.2 Å². The normalized spacial score (nSPS) is 40.2. The smallest absolute Gasteiger partial charge is 0.293 e. The number of alkyl halides is 3. The lowest BCUT2D eigenvalue weighted by atomic mass is 9.77. The van der Waals surface area contributed by atoms with Gasteiger partial charge in [0, 0.05) is 24.1 Å². The van der Waals surface area contributed by atoms with Crippen molar-refractivity contribution in [2.45, 2.75) is 63.5 Å². The molecule has 0 radical (unpaired) electrons. The van der Waals surface area contributed by atoms with Gasteiger partial charge in [0.25, 0.3) is 0 Å². The summed E-state index contributed by atoms with van der Waals surface area (Å²) in [6.07, 6.45) is -0.386. The van der Waals surface area contributed by atoms with Crippen LogP contribution < -0.4 is 5.32 Å². The zero-order valence-electron chi connectivity index (χ0n) is 10.4. The minimum absolute atomic E-state index is 0.00715. The Morgan fingerprint density at radius 3 is 2.72 bits per heavy atom. The first-order chi connectivity index (χ1) is 8.47. The number of nitrogens with one attached hydrogen (secondary N) is 1. The number of nitrogens with zero attached hydrogens (tertiary/aromatic N) is 2. The van der Waals surface area contributed by atoms with Crippen LogP contribution in [0.15, 0.2) is 5.10 Å². The number of fused-ring (bicyclic) bond motifs is 2. The summed E-state index contributed by atoms with van der Waals surface area (Å²) in [6, 6.07) is -1.39. The molecule has 1 N–H and O–H groups in total. The van der Waals surface area contributed by atoms with Gasteiger partial charge in [-0.05, 0) is 19.8 Å². The summed E-state index contributed by atoms with van der Waals surface area (Å²) in [5.41, 5.74) is 0.792. The highest BCUT2D eigenvalue weighted by molar-refractivity contribution is 5.83. The van der Waals surface area contributed by atoms with Gasteiger partial charge in [-0.15, -0.1) is 0 Å². The molecule has 0 bridgehead atoms. The standard InChI is InChI=1S/C12H18F3N3/c1-7-6-10-16-9-5-3-2-4-8(9)11(12(13,14)15)18(10)17-7/h8-11,16H,2-6H2,1H3/t8-,9+,10?,11-/m0/s1. The van der Waals surface area contributed by atoms with Gasteiger partial charge in [-0.1, -0.05) is 12.8 Å². The number of hydrogen-bond acceptors (Lipinski definition) is 3. The summed E-state index contributed by atoms with van der Waals surface area (Å²) < 4.78 is 40.0. The van der Waals surface area contributed by atoms with Crippen LogP contribution in [-0.4, -0.2) is 35.1 Å². The number of halogens is 3. The van der Waals surface area contributed by atoms with Crippen LogP contribution in [0.2, 0.25) is 0 Å². The Hall–Kier alpha value is -0.780. The highest BCUT2D eigenvalue weighted by atomic mass is 19.4. The second-order valence-electron chi connectivity index (χ2n) is 5.64. The molecule has 18 heavy (non-hydrogen) atoms. The molecule has 0 amide bonds. The van der Waals surface area contributed by atoms with E-state index in [0.717, 1.165) is 25.0 Å². The summed E-state index contributed by atoms with van der Waals surface area (Å²) in [5, 5.41) is 8.76. The fourth-order valence-electron chi connectivity index (χ4n) is 3.65. The molecular weight excluding hydrogens is 243 g/mol. The van der Waals surface area contributed by atoms with Crippen molar-refractivity contribution in [2.24, 2.45) is 11.0 Å². The van der Waals surface area contributed by atoms with E-state index in [-0.39, 0.29) is 18.1 Å². The molecule has 0 aromatic heterocycles. The molecule has 3 aliphatic rings. The quantitative estimate of drug-likeness (QED) is 0.725. The fraction of sp³-hybridized carbons (Fsp3) is 0.917. The molecular formula is C12H18F3N3. The van der Waals surface area contributed by atoms with E-state index in [4.69, 9.17) is 0 Å². The predicted octanol–water partition coefficient (Wildman–Crippen LogP) is 2.49. The van der Waals surface area contributed by atoms with Crippen molar-refractivity contribution in [3.8, 4) is 0 Å². The van der Waals surface area contributed by atoms with Gasteiger partial charge in [-0.3, -0.25) is 10.3 Å². The molecule has 2 fully saturated rings. The largest absolute Gasteiger partial charge is 0.410 e. The van der Waals surface area contributed by atoms with E-state index in [0.29, 0.717) is 12.8 Å². The molecule has 1 saturated heterocycles. The summed E-state index contributed by atoms with van der Waals surface area (Å²) in [4.78, 5) is 0. The predicted molar refractivity (Wildman–Crippen MR) is 62.1 cm³/mol. The fourth-order valence-corrected chi connectivity index (χ4v) is 3.65. The summed E-state index contributed by atoms with van der Waals surface area (Å²) in [6.45, 7) is 1.80. The van der Waals surface area contributed by atoms with Crippen molar-refractivity contribution >= 4 is 5.71 Å². The number of rotatable bonds is 0. The molecule has 2 aliphatic heterocycles. The number of hydrogen-bond donors (Lipinski definition) is 1. The summed E-state index contributed by atoms with van der Waals surface area (Å²) >= 11 is 0. The molecule has 0 spiro atoms. The Morgan fingerprint density at radius 1 is 1.28 bits per heavy atom. The van der Waals surface area contributed by atoms with Crippen LogP contribution in [0.3, 0.4) is 0 Å². The maximum Gasteiger partial charge on any atom is 0.410 e. The van der Waals surface area contributed by atoms with Crippen molar-refractivity contribution in [2.75, 3.05) is 0 Å². The Bertz CT molecular complexity index is 366. The SMILES string of the molecule is CC1=NN2C(C1)N[C@@H]1CCCC[C@@H]1[C@H]2C(F)(F)F. The van der Waals surface area contributed by atoms with Gasteiger partial charge in [-0.2, -0.15) is 18.3 Å². The third kappa shape index (κ3) is 1.90. The molecule has 4 atom stereocenters. The first-order valence-corrected chi connectivity index (χ1v) is 6.62. The maximum atomic E-state index is 13.3. The molecule has 102 valence electrons. The van der Waals surface area contributed by atoms with Crippen LogP contribution in [0, 0.1) is 5.92 Å². The molecule has 3 nitrogen and oxygen atoms in total. The maximum absolute atomic E-state index is 13.3. The highest BCUT2D eigenvalue weighted by Gasteiger charge is 2.56. The van der Waals surface area contributed by atoms with Crippen LogP contribution in [0.4, 0.5) is 13.2 Å². The van der Waals surface area contributed by atoms with Gasteiger partial charge in [0.1, 0.15) is 12.2 Å². The minimum atomic E-state index is -4.19. The average Bonchev–Trinajstić information content (AvgIpc) is 2.63. The van der Waals surface area contributed by atoms with Crippen LogP contribution in [-0.2, 0) is 0 Å². The van der Waals surface area contributed by atoms with Crippen molar-refractivity contribution in [1.29, 1.82) is 0 Å². The van der Waals surface area contributed by atoms with Gasteiger partial charge in [0.15, 0.2) is 0 Å². The molecule has 1 unspecified atom stereocenters. The highest BCUT2D eigenvalue weighted by Crippen LogP contribution is 2.43. The average molecular weight is 261 g/mol. The van der Waals surface area contributed by atoms with Gasteiger partial charge in [0.05, 0.1) is 0 Å². The molecule has 0 aromatic carbocycles. The van der Waals surface area contributed by atoms with E-state index in [1.165, 1.54) is 5.01 Å². The molecule has 0 aromatic rings. The molecule has 3 rings (SSSR count). The third-order valence-electron chi connectivity index (χ3n) is 4.35. The van der Waals surface area contributed by atoms with Crippen LogP contribution in [0.1, 0.15) is 39.0 Å². The second-order valence-corrected chi connectivity index (χ2v) is 5.64. The molecule has 6 heteroatoms. The summed E-state index contributed by atoms with van der Waals surface area (Å²) in [7, 11) is 0. The van der Waals surface area contributed by atoms with Crippen LogP contribution >= 0.6 is 0 Å². The first kappa shape index (κ1) is 12.3. The van der Waals surface area contributed by atoms with E-state index in [1.54, 1.807) is 6.92 Å². The lowest BCUT2D eigenvalue weighted by molar-refractivity contribution is -0.221. The van der Waals surface area contributed by atoms with E-state index >= 15 is 0 Å². The Balaban J connectivity index is 1.92. The van der Waals surface area contributed by atoms with E-state index in [2.05, 4.69) is 10.4 Å². The molecule has 1 saturated carbocycles. The molecule has 2 heterocycles. The van der Waals surface area contributed by atoms with Crippen molar-refractivity contribution in [3.05, 3.63) is 0 Å². The zero-order chi connectivity index (χ0) is 12.9. The first-order valence-electron chi connectivity index (χ1n) is 6.62. The monoisotopic (exact) mass is 261 g/mol. The zero-order valence-corrected chi connectivity index (χ0v) is 10.4. The lowest BCUT2D eigenvalue weighted by Crippen LogP contribution is -2.66. The number of hydrazone groups is 1. The lowest BCUT2D eigenvalue weighted by Gasteiger charge is -2.49. The third-order valence-corrected chi connectivity index (χ3v) is 4.35. The minimum Gasteiger partial charge on any atom is -0.293 e. The summed E-state index contributed by atoms with van der Waals surface area (Å²) in [5.74, 6) is -0.343. The van der Waals surface area contributed by atoms with Crippen LogP contribution in [0.5, 0.6) is 0 Å². The van der Waals surface area contributed by atoms with E-state index < -0.39 is 12.2 Å². The van der Waals surface area contributed by atoms with Gasteiger partial charge in [0.2, 0.25) is 0 Å². The Morgan fingerprint density at radius 2 is 2.00 bits per heavy atom. The van der Waals surface area contributed by atoms with Crippen molar-refractivity contribution in [3.63, 3.8) is 0 Å². The van der Waals surface area contributed by atoms with E-state index in [1.807, 2.05) is 0 Å². The Labute approximate surface area is 104 Å². The Kier molecular flexibility index (Phi) is 2.80. The topological polar surface area (TPSA) is 27.6 Å². The second kappa shape index (κ2) is 4.11. The van der Waals surface area contributed by atoms with Crippen molar-refractivity contribution in [1.82, 2.24) is 10.3 Å². The van der Waals surface area contributed by atoms with Gasteiger partial charge >= 0.3 is 6.18 Å².